The number of carbonyl (C=O) groups is 1. The van der Waals surface area contributed by atoms with Gasteiger partial charge in [-0.1, -0.05) is 36.4 Å². The van der Waals surface area contributed by atoms with Crippen molar-refractivity contribution in [2.45, 2.75) is 20.4 Å². The number of hydrogen-bond donors (Lipinski definition) is 2. The second-order valence-corrected chi connectivity index (χ2v) is 5.83. The van der Waals surface area contributed by atoms with E-state index in [0.29, 0.717) is 0 Å². The van der Waals surface area contributed by atoms with E-state index in [1.807, 2.05) is 38.2 Å². The van der Waals surface area contributed by atoms with E-state index in [2.05, 4.69) is 40.3 Å². The van der Waals surface area contributed by atoms with E-state index in [0.717, 1.165) is 29.0 Å². The Kier molecular flexibility index (Phi) is 5.95. The lowest BCUT2D eigenvalue weighted by Gasteiger charge is -2.25. The number of rotatable bonds is 7. The van der Waals surface area contributed by atoms with Crippen molar-refractivity contribution in [1.82, 2.24) is 0 Å². The molecule has 24 heavy (non-hydrogen) atoms. The van der Waals surface area contributed by atoms with Crippen molar-refractivity contribution >= 4 is 23.7 Å². The summed E-state index contributed by atoms with van der Waals surface area (Å²) in [6.45, 7) is 4.65. The van der Waals surface area contributed by atoms with Gasteiger partial charge in [0.1, 0.15) is 6.54 Å². The smallest absolute Gasteiger partial charge is 0.325 e. The molecule has 5 heteroatoms. The molecule has 0 atom stereocenters. The van der Waals surface area contributed by atoms with Gasteiger partial charge in [-0.3, -0.25) is 9.79 Å². The molecule has 0 radical (unpaired) electrons. The highest BCUT2D eigenvalue weighted by atomic mass is 16.4. The van der Waals surface area contributed by atoms with Gasteiger partial charge in [-0.15, -0.1) is 0 Å². The molecule has 2 N–H and O–H groups in total. The highest BCUT2D eigenvalue weighted by Gasteiger charge is 2.11. The topological polar surface area (TPSA) is 64.9 Å². The molecule has 0 spiro atoms. The standard InChI is InChI=1S/C19H23N3O2/c1-14-9-15(2)19(17(10-14)21-13-20-11-18(23)24)22(3)12-16-7-5-4-6-8-16/h4-10,13H,11-12H2,1-3H3,(H,20,21)(H,23,24). The number of carboxylic acid groups (broad SMARTS) is 1. The highest BCUT2D eigenvalue weighted by Crippen LogP contribution is 2.31. The van der Waals surface area contributed by atoms with Crippen LogP contribution in [0.5, 0.6) is 0 Å². The van der Waals surface area contributed by atoms with E-state index in [4.69, 9.17) is 5.11 Å². The number of benzene rings is 2. The fraction of sp³-hybridized carbons (Fsp3) is 0.263. The summed E-state index contributed by atoms with van der Waals surface area (Å²) in [5, 5.41) is 11.8. The van der Waals surface area contributed by atoms with E-state index >= 15 is 0 Å². The van der Waals surface area contributed by atoms with Gasteiger partial charge in [0.15, 0.2) is 0 Å². The van der Waals surface area contributed by atoms with Crippen LogP contribution in [-0.2, 0) is 11.3 Å². The molecule has 0 aliphatic heterocycles. The van der Waals surface area contributed by atoms with E-state index < -0.39 is 5.97 Å². The molecule has 0 saturated heterocycles. The number of aliphatic imine (C=N–C) groups is 1. The van der Waals surface area contributed by atoms with Crippen LogP contribution in [0.4, 0.5) is 11.4 Å². The Labute approximate surface area is 142 Å². The summed E-state index contributed by atoms with van der Waals surface area (Å²) in [4.78, 5) is 16.6. The largest absolute Gasteiger partial charge is 0.480 e. The molecule has 0 amide bonds. The van der Waals surface area contributed by atoms with Crippen LogP contribution in [0.1, 0.15) is 16.7 Å². The number of aliphatic carboxylic acids is 1. The number of hydrogen-bond acceptors (Lipinski definition) is 3. The van der Waals surface area contributed by atoms with E-state index in [9.17, 15) is 4.79 Å². The fourth-order valence-corrected chi connectivity index (χ4v) is 2.75. The summed E-state index contributed by atoms with van der Waals surface area (Å²) >= 11 is 0. The minimum Gasteiger partial charge on any atom is -0.480 e. The number of anilines is 2. The molecule has 0 heterocycles. The molecule has 0 bridgehead atoms. The second-order valence-electron chi connectivity index (χ2n) is 5.83. The Hall–Kier alpha value is -2.82. The van der Waals surface area contributed by atoms with Crippen LogP contribution in [0.15, 0.2) is 47.5 Å². The molecule has 0 fully saturated rings. The SMILES string of the molecule is Cc1cc(C)c(N(C)Cc2ccccc2)c(NC=NCC(=O)O)c1. The minimum atomic E-state index is -0.949. The van der Waals surface area contributed by atoms with Crippen molar-refractivity contribution in [2.75, 3.05) is 23.8 Å². The maximum absolute atomic E-state index is 10.5. The lowest BCUT2D eigenvalue weighted by atomic mass is 10.1. The predicted molar refractivity (Wildman–Crippen MR) is 99.1 cm³/mol. The maximum atomic E-state index is 10.5. The molecule has 0 unspecified atom stereocenters. The first-order valence-electron chi connectivity index (χ1n) is 7.80. The zero-order valence-corrected chi connectivity index (χ0v) is 14.3. The van der Waals surface area contributed by atoms with Crippen LogP contribution in [0.2, 0.25) is 0 Å². The summed E-state index contributed by atoms with van der Waals surface area (Å²) in [6, 6.07) is 14.4. The Morgan fingerprint density at radius 1 is 1.25 bits per heavy atom. The predicted octanol–water partition coefficient (Wildman–Crippen LogP) is 3.46. The van der Waals surface area contributed by atoms with Crippen molar-refractivity contribution in [3.8, 4) is 0 Å². The summed E-state index contributed by atoms with van der Waals surface area (Å²) in [7, 11) is 2.05. The normalized spacial score (nSPS) is 10.8. The zero-order valence-electron chi connectivity index (χ0n) is 14.3. The molecule has 5 nitrogen and oxygen atoms in total. The average Bonchev–Trinajstić information content (AvgIpc) is 2.51. The monoisotopic (exact) mass is 325 g/mol. The Balaban J connectivity index is 2.23. The Morgan fingerprint density at radius 2 is 1.96 bits per heavy atom. The summed E-state index contributed by atoms with van der Waals surface area (Å²) in [6.07, 6.45) is 1.45. The van der Waals surface area contributed by atoms with Gasteiger partial charge in [-0.2, -0.15) is 0 Å². The minimum absolute atomic E-state index is 0.243. The van der Waals surface area contributed by atoms with Crippen LogP contribution in [-0.4, -0.2) is 31.0 Å². The van der Waals surface area contributed by atoms with Crippen LogP contribution >= 0.6 is 0 Å². The first-order chi connectivity index (χ1) is 11.5. The lowest BCUT2D eigenvalue weighted by molar-refractivity contribution is -0.135. The van der Waals surface area contributed by atoms with Gasteiger partial charge >= 0.3 is 5.97 Å². The van der Waals surface area contributed by atoms with Crippen molar-refractivity contribution in [3.63, 3.8) is 0 Å². The van der Waals surface area contributed by atoms with Crippen molar-refractivity contribution < 1.29 is 9.90 Å². The number of carboxylic acids is 1. The summed E-state index contributed by atoms with van der Waals surface area (Å²) in [5.74, 6) is -0.949. The first-order valence-corrected chi connectivity index (χ1v) is 7.80. The van der Waals surface area contributed by atoms with Gasteiger partial charge in [0.25, 0.3) is 0 Å². The van der Waals surface area contributed by atoms with E-state index in [1.165, 1.54) is 11.9 Å². The third-order valence-corrected chi connectivity index (χ3v) is 3.63. The van der Waals surface area contributed by atoms with Gasteiger partial charge in [-0.05, 0) is 36.6 Å². The van der Waals surface area contributed by atoms with Crippen molar-refractivity contribution in [2.24, 2.45) is 4.99 Å². The van der Waals surface area contributed by atoms with Gasteiger partial charge in [0.2, 0.25) is 0 Å². The Bertz CT molecular complexity index is 727. The number of nitrogens with one attached hydrogen (secondary N) is 1. The quantitative estimate of drug-likeness (QED) is 0.604. The van der Waals surface area contributed by atoms with Crippen LogP contribution in [0.3, 0.4) is 0 Å². The first kappa shape index (κ1) is 17.5. The van der Waals surface area contributed by atoms with Crippen molar-refractivity contribution in [3.05, 3.63) is 59.2 Å². The Morgan fingerprint density at radius 3 is 2.62 bits per heavy atom. The highest BCUT2D eigenvalue weighted by molar-refractivity contribution is 5.86. The third-order valence-electron chi connectivity index (χ3n) is 3.63. The van der Waals surface area contributed by atoms with Gasteiger partial charge in [-0.25, -0.2) is 0 Å². The molecular weight excluding hydrogens is 302 g/mol. The molecule has 126 valence electrons. The lowest BCUT2D eigenvalue weighted by Crippen LogP contribution is -2.19. The molecule has 2 aromatic carbocycles. The molecule has 0 aliphatic rings. The fourth-order valence-electron chi connectivity index (χ4n) is 2.75. The van der Waals surface area contributed by atoms with E-state index in [-0.39, 0.29) is 6.54 Å². The number of nitrogens with zero attached hydrogens (tertiary/aromatic N) is 2. The summed E-state index contributed by atoms with van der Waals surface area (Å²) < 4.78 is 0. The average molecular weight is 325 g/mol. The second kappa shape index (κ2) is 8.15. The third kappa shape index (κ3) is 4.84. The molecule has 2 rings (SSSR count). The maximum Gasteiger partial charge on any atom is 0.325 e. The van der Waals surface area contributed by atoms with Crippen molar-refractivity contribution in [1.29, 1.82) is 0 Å². The molecule has 0 aliphatic carbocycles. The molecule has 0 saturated carbocycles. The van der Waals surface area contributed by atoms with Gasteiger partial charge in [0.05, 0.1) is 17.7 Å². The molecule has 2 aromatic rings. The van der Waals surface area contributed by atoms with Gasteiger partial charge < -0.3 is 15.3 Å². The zero-order chi connectivity index (χ0) is 17.5. The van der Waals surface area contributed by atoms with Crippen LogP contribution in [0, 0.1) is 13.8 Å². The molecule has 0 aromatic heterocycles. The molecular formula is C19H23N3O2. The van der Waals surface area contributed by atoms with Crippen LogP contribution in [0.25, 0.3) is 0 Å². The van der Waals surface area contributed by atoms with Gasteiger partial charge in [0, 0.05) is 13.6 Å². The van der Waals surface area contributed by atoms with E-state index in [1.54, 1.807) is 0 Å². The summed E-state index contributed by atoms with van der Waals surface area (Å²) in [5.41, 5.74) is 5.51. The van der Waals surface area contributed by atoms with Crippen LogP contribution < -0.4 is 10.2 Å². The number of aryl methyl sites for hydroxylation is 2.